The second-order valence-electron chi connectivity index (χ2n) is 18.4. The van der Waals surface area contributed by atoms with Crippen molar-refractivity contribution in [3.05, 3.63) is 93.0 Å². The van der Waals surface area contributed by atoms with Gasteiger partial charge in [0.05, 0.1) is 33.9 Å². The molecular weight excluding hydrogens is 1150 g/mol. The summed E-state index contributed by atoms with van der Waals surface area (Å²) >= 11 is 6.62. The highest BCUT2D eigenvalue weighted by Gasteiger charge is 2.68. The van der Waals surface area contributed by atoms with Crippen molar-refractivity contribution in [1.82, 2.24) is 34.8 Å². The van der Waals surface area contributed by atoms with E-state index >= 15 is 8.78 Å². The number of fused-ring (bicyclic) bond motifs is 4. The molecule has 0 spiro atoms. The van der Waals surface area contributed by atoms with Crippen LogP contribution in [0.2, 0.25) is 5.02 Å². The number of anilines is 1. The molecular formula is C44H40ClF10N8O12PS2. The summed E-state index contributed by atoms with van der Waals surface area (Å²) in [7, 11) is -13.4. The summed E-state index contributed by atoms with van der Waals surface area (Å²) in [5.74, 6) is -8.00. The Kier molecular flexibility index (Phi) is 15.7. The number of benzene rings is 2. The fraction of sp³-hybridized carbons (Fsp3) is 0.409. The average molecular weight is 1190 g/mol. The topological polar surface area (TPSA) is 263 Å². The van der Waals surface area contributed by atoms with E-state index in [0.29, 0.717) is 17.2 Å². The Hall–Kier alpha value is -6.36. The van der Waals surface area contributed by atoms with Crippen molar-refractivity contribution in [3.63, 3.8) is 0 Å². The molecule has 3 atom stereocenters. The zero-order valence-corrected chi connectivity index (χ0v) is 43.8. The van der Waals surface area contributed by atoms with Crippen molar-refractivity contribution >= 4 is 73.9 Å². The number of carbonyl (C=O) groups excluding carboxylic acids is 3. The molecule has 3 N–H and O–H groups in total. The Morgan fingerprint density at radius 2 is 1.60 bits per heavy atom. The third-order valence-electron chi connectivity index (χ3n) is 12.1. The number of hydrogen-bond donors (Lipinski definition) is 3. The minimum atomic E-state index is -5.26. The van der Waals surface area contributed by atoms with Crippen LogP contribution >= 0.6 is 19.4 Å². The van der Waals surface area contributed by atoms with Gasteiger partial charge in [-0.1, -0.05) is 23.6 Å². The van der Waals surface area contributed by atoms with E-state index in [1.165, 1.54) is 13.8 Å². The molecule has 3 amide bonds. The van der Waals surface area contributed by atoms with Gasteiger partial charge in [0, 0.05) is 42.0 Å². The Balaban J connectivity index is 1.45. The lowest BCUT2D eigenvalue weighted by molar-refractivity contribution is -0.151. The number of alkyl halides is 8. The fourth-order valence-electron chi connectivity index (χ4n) is 8.41. The van der Waals surface area contributed by atoms with E-state index in [4.69, 9.17) is 21.4 Å². The van der Waals surface area contributed by atoms with Crippen LogP contribution in [-0.2, 0) is 74.9 Å². The van der Waals surface area contributed by atoms with Crippen LogP contribution in [0, 0.1) is 29.4 Å². The molecule has 34 heteroatoms. The van der Waals surface area contributed by atoms with E-state index in [1.54, 1.807) is 0 Å². The number of sulfone groups is 1. The maximum Gasteiger partial charge on any atom is 0.472 e. The molecule has 0 bridgehead atoms. The lowest BCUT2D eigenvalue weighted by Crippen LogP contribution is -2.46. The number of hydrogen-bond acceptors (Lipinski definition) is 13. The normalized spacial score (nSPS) is 16.7. The zero-order valence-electron chi connectivity index (χ0n) is 40.5. The number of aromatic nitrogens is 5. The number of likely N-dealkylation sites (N-methyl/N-ethyl adjacent to an activating group) is 1. The van der Waals surface area contributed by atoms with E-state index in [1.807, 2.05) is 0 Å². The maximum absolute atomic E-state index is 15.6. The highest BCUT2D eigenvalue weighted by atomic mass is 35.5. The molecule has 0 saturated heterocycles. The van der Waals surface area contributed by atoms with Crippen molar-refractivity contribution in [1.29, 1.82) is 0 Å². The second-order valence-corrected chi connectivity index (χ2v) is 24.5. The quantitative estimate of drug-likeness (QED) is 0.0305. The van der Waals surface area contributed by atoms with Crippen LogP contribution in [0.25, 0.3) is 22.0 Å². The third kappa shape index (κ3) is 12.7. The first kappa shape index (κ1) is 59.3. The second kappa shape index (κ2) is 20.7. The number of sulfonamides is 1. The Bertz CT molecular complexity index is 3620. The van der Waals surface area contributed by atoms with Crippen molar-refractivity contribution in [2.45, 2.75) is 74.8 Å². The number of carbonyl (C=O) groups is 3. The third-order valence-corrected chi connectivity index (χ3v) is 15.8. The average Bonchev–Trinajstić information content (AvgIpc) is 4.03. The molecule has 0 radical (unpaired) electrons. The standard InChI is InChI=1S/C44H40ClF10N8O12PS2/c1-41(2,77(4,70)71)11-10-24-6-7-25(26-8-9-29(45)34-36(26)62(19-42(48,49)50)59-39(34)63(78(5,72)73)40(66)60(3)18-32(65)74-20-75-76(67,68)69)35(56-24)30(14-21-12-22(46)15-23(47)13-21)57-31(64)17-61-38-33(37(58-61)44(53,54)55)27-16-28(27)43(38,51)52/h6-9,12-13,15,27-28,30H,14,16-20H2,1-5H3,(H,57,64)(H2,67,68,69)/t27-,28+,30-/m0/s1. The maximum atomic E-state index is 15.6. The summed E-state index contributed by atoms with van der Waals surface area (Å²) in [5.41, 5.74) is -6.54. The summed E-state index contributed by atoms with van der Waals surface area (Å²) in [5, 5.41) is 8.24. The summed E-state index contributed by atoms with van der Waals surface area (Å²) in [6.45, 7) is -3.60. The van der Waals surface area contributed by atoms with Crippen molar-refractivity contribution in [2.75, 3.05) is 37.2 Å². The number of phosphoric ester groups is 1. The molecule has 78 heavy (non-hydrogen) atoms. The van der Waals surface area contributed by atoms with Gasteiger partial charge in [-0.2, -0.15) is 49.6 Å². The molecule has 3 aromatic heterocycles. The number of rotatable bonds is 16. The van der Waals surface area contributed by atoms with Crippen LogP contribution < -0.4 is 9.62 Å². The minimum Gasteiger partial charge on any atom is -0.437 e. The zero-order chi connectivity index (χ0) is 58.2. The smallest absolute Gasteiger partial charge is 0.437 e. The number of phosphoric acid groups is 1. The molecule has 20 nitrogen and oxygen atoms in total. The van der Waals surface area contributed by atoms with Gasteiger partial charge >= 0.3 is 32.2 Å². The van der Waals surface area contributed by atoms with Crippen molar-refractivity contribution in [2.24, 2.45) is 5.92 Å². The summed E-state index contributed by atoms with van der Waals surface area (Å²) in [6, 6.07) is 2.54. The van der Waals surface area contributed by atoms with Crippen LogP contribution in [0.1, 0.15) is 66.1 Å². The highest BCUT2D eigenvalue weighted by Crippen LogP contribution is 2.68. The van der Waals surface area contributed by atoms with E-state index in [9.17, 15) is 70.9 Å². The minimum absolute atomic E-state index is 0.147. The number of esters is 1. The summed E-state index contributed by atoms with van der Waals surface area (Å²) < 4.78 is 218. The first-order valence-corrected chi connectivity index (χ1v) is 27.7. The molecule has 5 aromatic rings. The van der Waals surface area contributed by atoms with Crippen molar-refractivity contribution in [3.8, 4) is 23.0 Å². The number of amides is 3. The highest BCUT2D eigenvalue weighted by molar-refractivity contribution is 7.93. The van der Waals surface area contributed by atoms with Gasteiger partial charge < -0.3 is 24.7 Å². The first-order valence-electron chi connectivity index (χ1n) is 22.1. The Morgan fingerprint density at radius 1 is 0.974 bits per heavy atom. The Morgan fingerprint density at radius 3 is 2.18 bits per heavy atom. The van der Waals surface area contributed by atoms with Gasteiger partial charge in [0.15, 0.2) is 21.3 Å². The Labute approximate surface area is 439 Å². The molecule has 1 fully saturated rings. The van der Waals surface area contributed by atoms with Gasteiger partial charge in [-0.05, 0) is 74.4 Å². The van der Waals surface area contributed by atoms with E-state index in [-0.39, 0.29) is 31.3 Å². The SMILES string of the molecule is CN(CC(=O)OCOP(=O)(O)O)C(=O)N(c1nn(CC(F)(F)F)c2c(-c3ccc(C#CC(C)(C)S(C)(=O)=O)nc3[C@H](Cc3cc(F)cc(F)c3)NC(=O)Cn3nc(C(F)(F)F)c4c3C(F)(F)[C@@H]3C[C@H]43)ccc(Cl)c12)S(C)(=O)=O. The molecule has 2 aliphatic carbocycles. The molecule has 0 aliphatic heterocycles. The van der Waals surface area contributed by atoms with Gasteiger partial charge in [0.25, 0.3) is 5.92 Å². The van der Waals surface area contributed by atoms with Crippen molar-refractivity contribution < 1.29 is 98.7 Å². The lowest BCUT2D eigenvalue weighted by atomic mass is 9.93. The molecule has 3 heterocycles. The largest absolute Gasteiger partial charge is 0.472 e. The van der Waals surface area contributed by atoms with Crippen LogP contribution in [-0.4, -0.2) is 118 Å². The van der Waals surface area contributed by atoms with E-state index in [2.05, 4.69) is 41.6 Å². The number of nitrogens with one attached hydrogen (secondary N) is 1. The molecule has 422 valence electrons. The first-order chi connectivity index (χ1) is 35.7. The molecule has 2 aliphatic rings. The van der Waals surface area contributed by atoms with Crippen LogP contribution in [0.4, 0.5) is 54.5 Å². The number of nitrogens with zero attached hydrogens (tertiary/aromatic N) is 7. The molecule has 7 rings (SSSR count). The van der Waals surface area contributed by atoms with E-state index in [0.717, 1.165) is 49.7 Å². The fourth-order valence-corrected chi connectivity index (χ4v) is 9.94. The van der Waals surface area contributed by atoms with Crippen LogP contribution in [0.5, 0.6) is 0 Å². The molecule has 1 saturated carbocycles. The van der Waals surface area contributed by atoms with Gasteiger partial charge in [0.2, 0.25) is 22.7 Å². The predicted molar refractivity (Wildman–Crippen MR) is 252 cm³/mol. The van der Waals surface area contributed by atoms with Gasteiger partial charge in [-0.15, -0.1) is 0 Å². The number of halogens is 11. The van der Waals surface area contributed by atoms with Crippen LogP contribution in [0.3, 0.4) is 0 Å². The molecule has 2 aromatic carbocycles. The van der Waals surface area contributed by atoms with Gasteiger partial charge in [-0.25, -0.2) is 44.5 Å². The monoisotopic (exact) mass is 1190 g/mol. The van der Waals surface area contributed by atoms with Gasteiger partial charge in [-0.3, -0.25) is 19.0 Å². The number of urea groups is 1. The summed E-state index contributed by atoms with van der Waals surface area (Å²) in [4.78, 5) is 63.3. The molecule has 0 unspecified atom stereocenters. The predicted octanol–water partition coefficient (Wildman–Crippen LogP) is 6.72. The number of pyridine rings is 1. The number of ether oxygens (including phenoxy) is 1. The van der Waals surface area contributed by atoms with Gasteiger partial charge in [0.1, 0.15) is 47.4 Å². The lowest BCUT2D eigenvalue weighted by Gasteiger charge is -2.25. The van der Waals surface area contributed by atoms with Crippen LogP contribution in [0.15, 0.2) is 42.5 Å². The van der Waals surface area contributed by atoms with E-state index < -0.39 is 186 Å². The summed E-state index contributed by atoms with van der Waals surface area (Å²) in [6.07, 6.45) is -10.3.